The van der Waals surface area contributed by atoms with Crippen LogP contribution in [0.15, 0.2) is 36.5 Å². The summed E-state index contributed by atoms with van der Waals surface area (Å²) in [5.74, 6) is -0.0628. The molecule has 17 heavy (non-hydrogen) atoms. The number of fused-ring (bicyclic) bond motifs is 1. The average Bonchev–Trinajstić information content (AvgIpc) is 2.72. The molecule has 86 valence electrons. The molecule has 1 aromatic heterocycles. The Kier molecular flexibility index (Phi) is 2.40. The number of amides is 1. The standard InChI is InChI=1S/C13H13N3O/c17-13-12-10(5-4-8-14-13)9-16(15-12)11-6-2-1-3-7-11/h1-3,6-7,9H,4-5,8H2,(H,14,17). The largest absolute Gasteiger partial charge is 0.351 e. The molecule has 0 unspecified atom stereocenters. The van der Waals surface area contributed by atoms with E-state index in [1.54, 1.807) is 4.68 Å². The molecule has 0 spiro atoms. The van der Waals surface area contributed by atoms with Crippen molar-refractivity contribution in [1.29, 1.82) is 0 Å². The number of rotatable bonds is 1. The summed E-state index contributed by atoms with van der Waals surface area (Å²) in [6.45, 7) is 0.737. The summed E-state index contributed by atoms with van der Waals surface area (Å²) >= 11 is 0. The maximum atomic E-state index is 11.8. The quantitative estimate of drug-likeness (QED) is 0.803. The molecule has 3 rings (SSSR count). The van der Waals surface area contributed by atoms with E-state index in [9.17, 15) is 4.79 Å². The zero-order valence-corrected chi connectivity index (χ0v) is 9.39. The third kappa shape index (κ3) is 1.82. The van der Waals surface area contributed by atoms with Crippen LogP contribution in [0.1, 0.15) is 22.5 Å². The van der Waals surface area contributed by atoms with E-state index in [1.807, 2.05) is 36.5 Å². The molecule has 0 bridgehead atoms. The zero-order chi connectivity index (χ0) is 11.7. The molecule has 0 aliphatic carbocycles. The number of nitrogens with zero attached hydrogens (tertiary/aromatic N) is 2. The minimum atomic E-state index is -0.0628. The fraction of sp³-hybridized carbons (Fsp3) is 0.231. The minimum absolute atomic E-state index is 0.0628. The summed E-state index contributed by atoms with van der Waals surface area (Å²) in [5.41, 5.74) is 2.57. The number of hydrogen-bond acceptors (Lipinski definition) is 2. The summed E-state index contributed by atoms with van der Waals surface area (Å²) in [6.07, 6.45) is 3.83. The highest BCUT2D eigenvalue weighted by Crippen LogP contribution is 2.15. The lowest BCUT2D eigenvalue weighted by molar-refractivity contribution is 0.0950. The molecule has 0 atom stereocenters. The predicted octanol–water partition coefficient (Wildman–Crippen LogP) is 1.55. The van der Waals surface area contributed by atoms with Gasteiger partial charge in [-0.25, -0.2) is 4.68 Å². The van der Waals surface area contributed by atoms with Crippen LogP contribution in [-0.4, -0.2) is 22.2 Å². The maximum Gasteiger partial charge on any atom is 0.272 e. The third-order valence-corrected chi connectivity index (χ3v) is 2.93. The van der Waals surface area contributed by atoms with E-state index in [2.05, 4.69) is 10.4 Å². The molecule has 1 aromatic carbocycles. The zero-order valence-electron chi connectivity index (χ0n) is 9.39. The van der Waals surface area contributed by atoms with Crippen molar-refractivity contribution >= 4 is 5.91 Å². The number of nitrogens with one attached hydrogen (secondary N) is 1. The number of aromatic nitrogens is 2. The van der Waals surface area contributed by atoms with Gasteiger partial charge >= 0.3 is 0 Å². The van der Waals surface area contributed by atoms with Crippen LogP contribution < -0.4 is 5.32 Å². The Labute approximate surface area is 99.3 Å². The number of carbonyl (C=O) groups excluding carboxylic acids is 1. The van der Waals surface area contributed by atoms with Crippen molar-refractivity contribution in [3.8, 4) is 5.69 Å². The van der Waals surface area contributed by atoms with Gasteiger partial charge in [0, 0.05) is 18.3 Å². The molecule has 2 aromatic rings. The molecule has 1 N–H and O–H groups in total. The Bertz CT molecular complexity index is 545. The molecule has 1 aliphatic heterocycles. The first-order valence-corrected chi connectivity index (χ1v) is 5.77. The highest BCUT2D eigenvalue weighted by atomic mass is 16.1. The van der Waals surface area contributed by atoms with Crippen molar-refractivity contribution in [3.05, 3.63) is 47.8 Å². The van der Waals surface area contributed by atoms with Gasteiger partial charge in [0.05, 0.1) is 5.69 Å². The average molecular weight is 227 g/mol. The van der Waals surface area contributed by atoms with E-state index in [1.165, 1.54) is 0 Å². The first kappa shape index (κ1) is 10.1. The van der Waals surface area contributed by atoms with Crippen LogP contribution in [0.2, 0.25) is 0 Å². The predicted molar refractivity (Wildman–Crippen MR) is 64.2 cm³/mol. The van der Waals surface area contributed by atoms with Crippen LogP contribution in [0, 0.1) is 0 Å². The van der Waals surface area contributed by atoms with Gasteiger partial charge in [-0.2, -0.15) is 5.10 Å². The molecule has 0 radical (unpaired) electrons. The van der Waals surface area contributed by atoms with Crippen LogP contribution in [0.5, 0.6) is 0 Å². The van der Waals surface area contributed by atoms with E-state index >= 15 is 0 Å². The van der Waals surface area contributed by atoms with Gasteiger partial charge in [-0.15, -0.1) is 0 Å². The van der Waals surface area contributed by atoms with Crippen LogP contribution in [0.25, 0.3) is 5.69 Å². The lowest BCUT2D eigenvalue weighted by Gasteiger charge is -2.00. The summed E-state index contributed by atoms with van der Waals surface area (Å²) < 4.78 is 1.77. The van der Waals surface area contributed by atoms with E-state index < -0.39 is 0 Å². The number of aryl methyl sites for hydroxylation is 1. The second kappa shape index (κ2) is 4.05. The van der Waals surface area contributed by atoms with Gasteiger partial charge in [-0.05, 0) is 25.0 Å². The van der Waals surface area contributed by atoms with Crippen molar-refractivity contribution in [1.82, 2.24) is 15.1 Å². The number of carbonyl (C=O) groups is 1. The molecule has 0 saturated heterocycles. The van der Waals surface area contributed by atoms with Crippen molar-refractivity contribution in [2.45, 2.75) is 12.8 Å². The van der Waals surface area contributed by atoms with Crippen molar-refractivity contribution < 1.29 is 4.79 Å². The van der Waals surface area contributed by atoms with Crippen LogP contribution in [0.4, 0.5) is 0 Å². The van der Waals surface area contributed by atoms with Crippen molar-refractivity contribution in [2.24, 2.45) is 0 Å². The monoisotopic (exact) mass is 227 g/mol. The topological polar surface area (TPSA) is 46.9 Å². The fourth-order valence-electron chi connectivity index (χ4n) is 2.06. The molecule has 0 fully saturated rings. The molecule has 2 heterocycles. The number of hydrogen-bond donors (Lipinski definition) is 1. The molecule has 0 saturated carbocycles. The molecular weight excluding hydrogens is 214 g/mol. The van der Waals surface area contributed by atoms with Gasteiger partial charge in [0.15, 0.2) is 5.69 Å². The normalized spacial score (nSPS) is 14.9. The first-order chi connectivity index (χ1) is 8.34. The van der Waals surface area contributed by atoms with E-state index in [0.717, 1.165) is 30.6 Å². The highest BCUT2D eigenvalue weighted by molar-refractivity contribution is 5.94. The maximum absolute atomic E-state index is 11.8. The summed E-state index contributed by atoms with van der Waals surface area (Å²) in [7, 11) is 0. The SMILES string of the molecule is O=C1NCCCc2cn(-c3ccccc3)nc21. The van der Waals surface area contributed by atoms with Gasteiger partial charge in [0.25, 0.3) is 5.91 Å². The van der Waals surface area contributed by atoms with Gasteiger partial charge in [0.2, 0.25) is 0 Å². The molecule has 4 heteroatoms. The second-order valence-corrected chi connectivity index (χ2v) is 4.14. The Balaban J connectivity index is 2.05. The number of para-hydroxylation sites is 1. The van der Waals surface area contributed by atoms with Crippen LogP contribution >= 0.6 is 0 Å². The summed E-state index contributed by atoms with van der Waals surface area (Å²) in [5, 5.41) is 7.22. The fourth-order valence-corrected chi connectivity index (χ4v) is 2.06. The second-order valence-electron chi connectivity index (χ2n) is 4.14. The third-order valence-electron chi connectivity index (χ3n) is 2.93. The van der Waals surface area contributed by atoms with Crippen molar-refractivity contribution in [2.75, 3.05) is 6.54 Å². The van der Waals surface area contributed by atoms with E-state index in [0.29, 0.717) is 5.69 Å². The first-order valence-electron chi connectivity index (χ1n) is 5.77. The van der Waals surface area contributed by atoms with Crippen LogP contribution in [-0.2, 0) is 6.42 Å². The molecule has 4 nitrogen and oxygen atoms in total. The molecule has 1 amide bonds. The lowest BCUT2D eigenvalue weighted by Crippen LogP contribution is -2.23. The Hall–Kier alpha value is -2.10. The van der Waals surface area contributed by atoms with E-state index in [-0.39, 0.29) is 5.91 Å². The summed E-state index contributed by atoms with van der Waals surface area (Å²) in [4.78, 5) is 11.8. The highest BCUT2D eigenvalue weighted by Gasteiger charge is 2.19. The van der Waals surface area contributed by atoms with Crippen molar-refractivity contribution in [3.63, 3.8) is 0 Å². The smallest absolute Gasteiger partial charge is 0.272 e. The molecule has 1 aliphatic rings. The molecular formula is C13H13N3O. The minimum Gasteiger partial charge on any atom is -0.351 e. The van der Waals surface area contributed by atoms with Gasteiger partial charge in [0.1, 0.15) is 0 Å². The van der Waals surface area contributed by atoms with E-state index in [4.69, 9.17) is 0 Å². The van der Waals surface area contributed by atoms with Gasteiger partial charge in [-0.1, -0.05) is 18.2 Å². The Morgan fingerprint density at radius 2 is 2.06 bits per heavy atom. The van der Waals surface area contributed by atoms with Gasteiger partial charge < -0.3 is 5.32 Å². The summed E-state index contributed by atoms with van der Waals surface area (Å²) in [6, 6.07) is 9.84. The van der Waals surface area contributed by atoms with Gasteiger partial charge in [-0.3, -0.25) is 4.79 Å². The Morgan fingerprint density at radius 3 is 2.88 bits per heavy atom. The number of benzene rings is 1. The lowest BCUT2D eigenvalue weighted by atomic mass is 10.1. The van der Waals surface area contributed by atoms with Crippen LogP contribution in [0.3, 0.4) is 0 Å². The Morgan fingerprint density at radius 1 is 1.24 bits per heavy atom.